The van der Waals surface area contributed by atoms with Crippen LogP contribution in [0.1, 0.15) is 38.1 Å². The Morgan fingerprint density at radius 3 is 2.71 bits per heavy atom. The molecule has 0 aliphatic heterocycles. The van der Waals surface area contributed by atoms with E-state index in [1.807, 2.05) is 47.9 Å². The lowest BCUT2D eigenvalue weighted by Crippen LogP contribution is -2.24. The van der Waals surface area contributed by atoms with Crippen LogP contribution in [0.4, 0.5) is 0 Å². The van der Waals surface area contributed by atoms with Gasteiger partial charge in [0.15, 0.2) is 5.78 Å². The predicted molar refractivity (Wildman–Crippen MR) is 113 cm³/mol. The molecule has 0 radical (unpaired) electrons. The molecule has 0 amide bonds. The van der Waals surface area contributed by atoms with Crippen LogP contribution in [-0.2, 0) is 23.7 Å². The molecule has 0 fully saturated rings. The van der Waals surface area contributed by atoms with Gasteiger partial charge in [-0.1, -0.05) is 55.4 Å². The van der Waals surface area contributed by atoms with Crippen LogP contribution in [0.2, 0.25) is 0 Å². The van der Waals surface area contributed by atoms with Crippen molar-refractivity contribution in [2.24, 2.45) is 18.9 Å². The van der Waals surface area contributed by atoms with Gasteiger partial charge in [-0.05, 0) is 30.4 Å². The van der Waals surface area contributed by atoms with Crippen LogP contribution in [0.5, 0.6) is 0 Å². The molecule has 3 aromatic rings. The van der Waals surface area contributed by atoms with E-state index >= 15 is 0 Å². The number of rotatable bonds is 2. The summed E-state index contributed by atoms with van der Waals surface area (Å²) >= 11 is 0. The molecule has 8 nitrogen and oxygen atoms in total. The van der Waals surface area contributed by atoms with Crippen molar-refractivity contribution >= 4 is 5.78 Å². The summed E-state index contributed by atoms with van der Waals surface area (Å²) in [6.45, 7) is 4.03. The van der Waals surface area contributed by atoms with Gasteiger partial charge >= 0.3 is 0 Å². The Balaban J connectivity index is 1.80. The minimum atomic E-state index is -0.529. The van der Waals surface area contributed by atoms with E-state index in [-0.39, 0.29) is 23.2 Å². The summed E-state index contributed by atoms with van der Waals surface area (Å²) in [6.07, 6.45) is 4.20. The fraction of sp³-hybridized carbons (Fsp3) is 0.391. The lowest BCUT2D eigenvalue weighted by Gasteiger charge is -2.27. The first kappa shape index (κ1) is 19.4. The van der Waals surface area contributed by atoms with Crippen LogP contribution in [0.25, 0.3) is 17.3 Å². The molecule has 0 unspecified atom stereocenters. The summed E-state index contributed by atoms with van der Waals surface area (Å²) in [6, 6.07) is 12.1. The number of hydrogen-bond donors (Lipinski definition) is 0. The zero-order valence-electron chi connectivity index (χ0n) is 17.8. The Hall–Kier alpha value is -3.60. The normalized spacial score (nSPS) is 25.2. The van der Waals surface area contributed by atoms with Crippen molar-refractivity contribution in [2.45, 2.75) is 38.5 Å². The van der Waals surface area contributed by atoms with Gasteiger partial charge in [0.2, 0.25) is 0 Å². The van der Waals surface area contributed by atoms with Gasteiger partial charge in [-0.15, -0.1) is 5.10 Å². The topological polar surface area (TPSA) is 102 Å². The number of benzene rings is 1. The first-order chi connectivity index (χ1) is 14.9. The minimum Gasteiger partial charge on any atom is -0.293 e. The van der Waals surface area contributed by atoms with Crippen LogP contribution < -0.4 is 0 Å². The van der Waals surface area contributed by atoms with E-state index in [2.05, 4.69) is 28.4 Å². The number of aromatic nitrogens is 6. The largest absolute Gasteiger partial charge is 0.293 e. The summed E-state index contributed by atoms with van der Waals surface area (Å²) in [7, 11) is 1.74. The third kappa shape index (κ3) is 3.00. The molecule has 2 heterocycles. The average molecular weight is 413 g/mol. The molecule has 156 valence electrons. The first-order valence-corrected chi connectivity index (χ1v) is 10.5. The van der Waals surface area contributed by atoms with Crippen LogP contribution >= 0.6 is 0 Å². The summed E-state index contributed by atoms with van der Waals surface area (Å²) < 4.78 is 1.99. The number of carbonyl (C=O) groups excluding carboxylic acids is 1. The Morgan fingerprint density at radius 1 is 1.26 bits per heavy atom. The van der Waals surface area contributed by atoms with Gasteiger partial charge in [0.1, 0.15) is 11.9 Å². The lowest BCUT2D eigenvalue weighted by molar-refractivity contribution is -0.119. The van der Waals surface area contributed by atoms with Crippen molar-refractivity contribution < 1.29 is 4.79 Å². The molecule has 2 aliphatic carbocycles. The molecular weight excluding hydrogens is 390 g/mol. The fourth-order valence-corrected chi connectivity index (χ4v) is 5.06. The quantitative estimate of drug-likeness (QED) is 0.640. The highest BCUT2D eigenvalue weighted by molar-refractivity contribution is 6.01. The maximum atomic E-state index is 12.9. The molecule has 0 spiro atoms. The fourth-order valence-electron chi connectivity index (χ4n) is 5.06. The van der Waals surface area contributed by atoms with E-state index in [0.29, 0.717) is 5.95 Å². The molecule has 5 rings (SSSR count). The predicted octanol–water partition coefficient (Wildman–Crippen LogP) is 2.94. The van der Waals surface area contributed by atoms with E-state index in [4.69, 9.17) is 4.98 Å². The van der Waals surface area contributed by atoms with Gasteiger partial charge in [0.25, 0.3) is 5.95 Å². The second-order valence-electron chi connectivity index (χ2n) is 8.75. The minimum absolute atomic E-state index is 0.0574. The highest BCUT2D eigenvalue weighted by atomic mass is 16.1. The average Bonchev–Trinajstić information content (AvgIpc) is 3.32. The third-order valence-electron chi connectivity index (χ3n) is 6.65. The van der Waals surface area contributed by atoms with Gasteiger partial charge in [-0.3, -0.25) is 9.36 Å². The molecule has 2 aromatic heterocycles. The lowest BCUT2D eigenvalue weighted by atomic mass is 9.77. The van der Waals surface area contributed by atoms with E-state index in [1.165, 1.54) is 4.80 Å². The number of Topliss-reactive ketones (excluding diaryl/α,β-unsaturated/α-hetero) is 1. The molecule has 2 bridgehead atoms. The number of allylic oxidation sites excluding steroid dienone is 2. The Kier molecular flexibility index (Phi) is 4.36. The van der Waals surface area contributed by atoms with Crippen LogP contribution in [0, 0.1) is 23.2 Å². The number of imidazole rings is 1. The van der Waals surface area contributed by atoms with Crippen LogP contribution in [0.15, 0.2) is 42.0 Å². The van der Waals surface area contributed by atoms with E-state index in [0.717, 1.165) is 42.0 Å². The van der Waals surface area contributed by atoms with Gasteiger partial charge in [-0.2, -0.15) is 10.1 Å². The highest BCUT2D eigenvalue weighted by Gasteiger charge is 2.44. The smallest absolute Gasteiger partial charge is 0.276 e. The molecule has 0 N–H and O–H groups in total. The number of fused-ring (bicyclic) bond motifs is 4. The van der Waals surface area contributed by atoms with Gasteiger partial charge in [-0.25, -0.2) is 4.98 Å². The summed E-state index contributed by atoms with van der Waals surface area (Å²) in [5.74, 6) is 1.15. The zero-order valence-corrected chi connectivity index (χ0v) is 17.8. The number of hydrogen-bond acceptors (Lipinski definition) is 6. The monoisotopic (exact) mass is 413 g/mol. The molecule has 8 heteroatoms. The van der Waals surface area contributed by atoms with Crippen molar-refractivity contribution in [3.05, 3.63) is 53.4 Å². The molecule has 0 saturated heterocycles. The van der Waals surface area contributed by atoms with Gasteiger partial charge in [0.05, 0.1) is 24.0 Å². The standard InChI is InChI=1S/C23H23N7O/c1-14-16-9-10-18-20(23(2,11-16)12-17(13-24)19(14)31)25-21(15-7-5-4-6-8-15)30(18)22-26-28-29(3)27-22/h4-8,12,14,16H,9-11H2,1-3H3/t14-,16-,23+/m1/s1. The number of nitriles is 1. The van der Waals surface area contributed by atoms with E-state index in [1.54, 1.807) is 7.05 Å². The first-order valence-electron chi connectivity index (χ1n) is 10.5. The third-order valence-corrected chi connectivity index (χ3v) is 6.65. The second-order valence-corrected chi connectivity index (χ2v) is 8.75. The van der Waals surface area contributed by atoms with Crippen molar-refractivity contribution in [2.75, 3.05) is 0 Å². The summed E-state index contributed by atoms with van der Waals surface area (Å²) in [5.41, 5.74) is 2.56. The maximum Gasteiger partial charge on any atom is 0.276 e. The zero-order chi connectivity index (χ0) is 21.8. The second kappa shape index (κ2) is 6.98. The molecule has 3 atom stereocenters. The molecule has 1 aromatic carbocycles. The summed E-state index contributed by atoms with van der Waals surface area (Å²) in [4.78, 5) is 19.4. The molecular formula is C23H23N7O. The number of tetrazole rings is 1. The Morgan fingerprint density at radius 2 is 2.03 bits per heavy atom. The summed E-state index contributed by atoms with van der Waals surface area (Å²) in [5, 5.41) is 22.4. The maximum absolute atomic E-state index is 12.9. The number of ketones is 1. The molecule has 0 saturated carbocycles. The van der Waals surface area contributed by atoms with Crippen LogP contribution in [-0.4, -0.2) is 35.5 Å². The van der Waals surface area contributed by atoms with Gasteiger partial charge < -0.3 is 0 Å². The van der Waals surface area contributed by atoms with Gasteiger partial charge in [0, 0.05) is 16.9 Å². The van der Waals surface area contributed by atoms with Crippen LogP contribution in [0.3, 0.4) is 0 Å². The molecule has 2 aliphatic rings. The van der Waals surface area contributed by atoms with Crippen molar-refractivity contribution in [1.29, 1.82) is 5.26 Å². The Labute approximate surface area is 180 Å². The number of carbonyl (C=O) groups is 1. The number of nitrogens with zero attached hydrogens (tertiary/aromatic N) is 7. The Bertz CT molecular complexity index is 1250. The highest BCUT2D eigenvalue weighted by Crippen LogP contribution is 2.46. The SMILES string of the molecule is C[C@H]1C(=O)C(C#N)=C[C@]2(C)C[C@H]1CCc1c2nc(-c2ccccc2)n1-c1nnn(C)n1. The molecule has 31 heavy (non-hydrogen) atoms. The number of aryl methyl sites for hydroxylation is 1. The van der Waals surface area contributed by atoms with E-state index in [9.17, 15) is 10.1 Å². The van der Waals surface area contributed by atoms with E-state index < -0.39 is 5.41 Å². The van der Waals surface area contributed by atoms with Crippen molar-refractivity contribution in [1.82, 2.24) is 29.8 Å². The van der Waals surface area contributed by atoms with Crippen molar-refractivity contribution in [3.8, 4) is 23.4 Å². The van der Waals surface area contributed by atoms with Crippen molar-refractivity contribution in [3.63, 3.8) is 0 Å².